The van der Waals surface area contributed by atoms with Crippen molar-refractivity contribution in [2.24, 2.45) is 11.8 Å². The largest absolute Gasteiger partial charge is 0.514 e. The van der Waals surface area contributed by atoms with Crippen LogP contribution in [0.1, 0.15) is 91.2 Å². The Balaban J connectivity index is 2.53. The van der Waals surface area contributed by atoms with E-state index in [1.807, 2.05) is 53.7 Å². The molecule has 2 unspecified atom stereocenters. The van der Waals surface area contributed by atoms with E-state index in [0.29, 0.717) is 10.8 Å². The minimum atomic E-state index is -0.833. The maximum absolute atomic E-state index is 12.9. The molecule has 224 valence electrons. The summed E-state index contributed by atoms with van der Waals surface area (Å²) in [6.45, 7) is 16.8. The molecule has 0 N–H and O–H groups in total. The van der Waals surface area contributed by atoms with Gasteiger partial charge in [0, 0.05) is 10.8 Å². The third-order valence-electron chi connectivity index (χ3n) is 6.85. The highest BCUT2D eigenvalue weighted by molar-refractivity contribution is 6.03. The van der Waals surface area contributed by atoms with E-state index in [9.17, 15) is 9.59 Å². The Morgan fingerprint density at radius 1 is 0.700 bits per heavy atom. The average molecular weight is 561 g/mol. The molecule has 0 aromatic heterocycles. The summed E-state index contributed by atoms with van der Waals surface area (Å²) in [5.74, 6) is 1.08. The van der Waals surface area contributed by atoms with E-state index in [0.717, 1.165) is 49.7 Å². The molecule has 0 radical (unpaired) electrons. The molecule has 2 aromatic carbocycles. The Hall–Kier alpha value is -3.16. The molecular formula is C32H48O8. The van der Waals surface area contributed by atoms with Gasteiger partial charge < -0.3 is 28.4 Å². The number of carbonyl (C=O) groups is 2. The van der Waals surface area contributed by atoms with Crippen LogP contribution in [0.25, 0.3) is 10.8 Å². The van der Waals surface area contributed by atoms with Gasteiger partial charge in [-0.25, -0.2) is 9.59 Å². The zero-order chi connectivity index (χ0) is 29.7. The summed E-state index contributed by atoms with van der Waals surface area (Å²) in [6, 6.07) is 3.73. The van der Waals surface area contributed by atoms with E-state index in [1.54, 1.807) is 0 Å². The van der Waals surface area contributed by atoms with Crippen LogP contribution in [-0.2, 0) is 9.47 Å². The molecule has 8 heteroatoms. The first-order valence-electron chi connectivity index (χ1n) is 14.7. The Kier molecular flexibility index (Phi) is 13.9. The van der Waals surface area contributed by atoms with Gasteiger partial charge in [-0.2, -0.15) is 0 Å². The van der Waals surface area contributed by atoms with Crippen molar-refractivity contribution in [1.29, 1.82) is 0 Å². The lowest BCUT2D eigenvalue weighted by Gasteiger charge is -2.22. The molecule has 0 amide bonds. The van der Waals surface area contributed by atoms with Gasteiger partial charge in [-0.05, 0) is 63.5 Å². The fourth-order valence-electron chi connectivity index (χ4n) is 4.41. The van der Waals surface area contributed by atoms with Gasteiger partial charge in [0.2, 0.25) is 11.5 Å². The quantitative estimate of drug-likeness (QED) is 0.148. The van der Waals surface area contributed by atoms with E-state index in [4.69, 9.17) is 28.4 Å². The summed E-state index contributed by atoms with van der Waals surface area (Å²) in [7, 11) is 0. The van der Waals surface area contributed by atoms with Gasteiger partial charge >= 0.3 is 12.3 Å². The molecule has 0 saturated carbocycles. The zero-order valence-corrected chi connectivity index (χ0v) is 25.6. The molecule has 2 rings (SSSR count). The lowest BCUT2D eigenvalue weighted by molar-refractivity contribution is 0.0812. The highest BCUT2D eigenvalue weighted by atomic mass is 16.7. The highest BCUT2D eigenvalue weighted by Gasteiger charge is 2.30. The smallest absolute Gasteiger partial charge is 0.487 e. The Labute approximate surface area is 239 Å². The molecule has 2 aromatic rings. The van der Waals surface area contributed by atoms with Gasteiger partial charge in [0.05, 0.1) is 26.4 Å². The first-order valence-corrected chi connectivity index (χ1v) is 14.7. The van der Waals surface area contributed by atoms with E-state index >= 15 is 0 Å². The predicted molar refractivity (Wildman–Crippen MR) is 157 cm³/mol. The van der Waals surface area contributed by atoms with Crippen LogP contribution in [0.4, 0.5) is 9.59 Å². The third-order valence-corrected chi connectivity index (χ3v) is 6.85. The summed E-state index contributed by atoms with van der Waals surface area (Å²) < 4.78 is 34.5. The molecule has 8 nitrogen and oxygen atoms in total. The normalized spacial score (nSPS) is 12.5. The molecule has 0 aliphatic carbocycles. The van der Waals surface area contributed by atoms with Crippen molar-refractivity contribution in [3.05, 3.63) is 23.3 Å². The van der Waals surface area contributed by atoms with Crippen LogP contribution in [0, 0.1) is 25.7 Å². The molecular weight excluding hydrogens is 512 g/mol. The molecule has 0 aliphatic heterocycles. The highest BCUT2D eigenvalue weighted by Crippen LogP contribution is 2.53. The molecule has 0 heterocycles. The fraction of sp³-hybridized carbons (Fsp3) is 0.625. The molecule has 0 spiro atoms. The summed E-state index contributed by atoms with van der Waals surface area (Å²) in [5.41, 5.74) is 1.80. The van der Waals surface area contributed by atoms with Gasteiger partial charge in [0.1, 0.15) is 0 Å². The molecule has 2 atom stereocenters. The predicted octanol–water partition coefficient (Wildman–Crippen LogP) is 8.94. The SMILES string of the molecule is CCCCC(C)COC(=O)Oc1c(OCC)c(OCC)c(OC(=O)OCC(C)CCCC)c2c(C)c(C)ccc12. The lowest BCUT2D eigenvalue weighted by atomic mass is 9.98. The van der Waals surface area contributed by atoms with Crippen LogP contribution >= 0.6 is 0 Å². The van der Waals surface area contributed by atoms with E-state index in [2.05, 4.69) is 13.8 Å². The van der Waals surface area contributed by atoms with Crippen LogP contribution in [0.2, 0.25) is 0 Å². The number of carbonyl (C=O) groups excluding carboxylic acids is 2. The summed E-state index contributed by atoms with van der Waals surface area (Å²) in [4.78, 5) is 25.7. The van der Waals surface area contributed by atoms with Crippen LogP contribution in [0.5, 0.6) is 23.0 Å². The Bertz CT molecular complexity index is 1110. The fourth-order valence-corrected chi connectivity index (χ4v) is 4.41. The van der Waals surface area contributed by atoms with Gasteiger partial charge in [-0.1, -0.05) is 65.5 Å². The average Bonchev–Trinajstić information content (AvgIpc) is 2.93. The van der Waals surface area contributed by atoms with Gasteiger partial charge in [0.25, 0.3) is 0 Å². The first kappa shape index (κ1) is 33.0. The van der Waals surface area contributed by atoms with Crippen LogP contribution in [-0.4, -0.2) is 38.7 Å². The second-order valence-corrected chi connectivity index (χ2v) is 10.4. The van der Waals surface area contributed by atoms with Gasteiger partial charge in [-0.3, -0.25) is 0 Å². The maximum atomic E-state index is 12.9. The number of benzene rings is 2. The maximum Gasteiger partial charge on any atom is 0.514 e. The molecule has 0 saturated heterocycles. The zero-order valence-electron chi connectivity index (χ0n) is 25.6. The van der Waals surface area contributed by atoms with Crippen LogP contribution < -0.4 is 18.9 Å². The van der Waals surface area contributed by atoms with Crippen LogP contribution in [0.15, 0.2) is 12.1 Å². The minimum Gasteiger partial charge on any atom is -0.487 e. The Morgan fingerprint density at radius 3 is 1.65 bits per heavy atom. The third kappa shape index (κ3) is 9.20. The summed E-state index contributed by atoms with van der Waals surface area (Å²) in [6.07, 6.45) is 4.55. The van der Waals surface area contributed by atoms with Crippen LogP contribution in [0.3, 0.4) is 0 Å². The molecule has 40 heavy (non-hydrogen) atoms. The van der Waals surface area contributed by atoms with Gasteiger partial charge in [-0.15, -0.1) is 0 Å². The van der Waals surface area contributed by atoms with Crippen molar-refractivity contribution in [3.63, 3.8) is 0 Å². The number of rotatable bonds is 16. The van der Waals surface area contributed by atoms with Crippen molar-refractivity contribution < 1.29 is 38.0 Å². The first-order chi connectivity index (χ1) is 19.2. The Morgan fingerprint density at radius 2 is 1.18 bits per heavy atom. The second kappa shape index (κ2) is 16.8. The summed E-state index contributed by atoms with van der Waals surface area (Å²) in [5, 5.41) is 1.10. The minimum absolute atomic E-state index is 0.156. The van der Waals surface area contributed by atoms with Crippen molar-refractivity contribution in [2.45, 2.75) is 93.9 Å². The number of fused-ring (bicyclic) bond motifs is 1. The molecule has 0 aliphatic rings. The molecule has 0 bridgehead atoms. The monoisotopic (exact) mass is 560 g/mol. The second-order valence-electron chi connectivity index (χ2n) is 10.4. The van der Waals surface area contributed by atoms with Gasteiger partial charge in [0.15, 0.2) is 11.5 Å². The van der Waals surface area contributed by atoms with Crippen molar-refractivity contribution in [2.75, 3.05) is 26.4 Å². The van der Waals surface area contributed by atoms with Crippen molar-refractivity contribution >= 4 is 23.1 Å². The number of hydrogen-bond acceptors (Lipinski definition) is 8. The topological polar surface area (TPSA) is 89.5 Å². The number of ether oxygens (including phenoxy) is 6. The molecule has 0 fully saturated rings. The lowest BCUT2D eigenvalue weighted by Crippen LogP contribution is -2.18. The number of unbranched alkanes of at least 4 members (excludes halogenated alkanes) is 2. The standard InChI is InChI=1S/C32H48O8/c1-9-13-15-21(5)19-37-31(33)39-27-25-18-17-23(7)24(8)26(25)28(30(36-12-4)29(27)35-11-3)40-32(34)38-20-22(6)16-14-10-2/h17-18,21-22H,9-16,19-20H2,1-8H3. The van der Waals surface area contributed by atoms with E-state index in [-0.39, 0.29) is 61.3 Å². The van der Waals surface area contributed by atoms with E-state index in [1.165, 1.54) is 0 Å². The summed E-state index contributed by atoms with van der Waals surface area (Å²) >= 11 is 0. The number of hydrogen-bond donors (Lipinski definition) is 0. The van der Waals surface area contributed by atoms with E-state index < -0.39 is 12.3 Å². The number of aryl methyl sites for hydroxylation is 2. The van der Waals surface area contributed by atoms with Crippen molar-refractivity contribution in [1.82, 2.24) is 0 Å². The van der Waals surface area contributed by atoms with Crippen molar-refractivity contribution in [3.8, 4) is 23.0 Å².